The summed E-state index contributed by atoms with van der Waals surface area (Å²) >= 11 is 7.40. The Balaban J connectivity index is 1.95. The van der Waals surface area contributed by atoms with Gasteiger partial charge in [-0.1, -0.05) is 47.6 Å². The van der Waals surface area contributed by atoms with Gasteiger partial charge < -0.3 is 0 Å². The van der Waals surface area contributed by atoms with Gasteiger partial charge in [-0.05, 0) is 42.0 Å². The molecule has 0 spiro atoms. The molecule has 0 aromatic heterocycles. The fourth-order valence-corrected chi connectivity index (χ4v) is 3.51. The van der Waals surface area contributed by atoms with Gasteiger partial charge in [-0.25, -0.2) is 4.79 Å². The molecule has 1 fully saturated rings. The minimum absolute atomic E-state index is 0.0243. The Morgan fingerprint density at radius 3 is 2.48 bits per heavy atom. The lowest BCUT2D eigenvalue weighted by molar-refractivity contribution is -0.129. The fourth-order valence-electron chi connectivity index (χ4n) is 2.47. The van der Waals surface area contributed by atoms with E-state index in [1.165, 1.54) is 23.9 Å². The van der Waals surface area contributed by atoms with Crippen LogP contribution in [0.5, 0.6) is 0 Å². The first-order valence-electron chi connectivity index (χ1n) is 8.02. The minimum Gasteiger partial charge on any atom is -0.273 e. The fraction of sp³-hybridized carbons (Fsp3) is 0.0500. The molecule has 1 N–H and O–H groups in total. The number of imide groups is 2. The largest absolute Gasteiger partial charge is 0.331 e. The van der Waals surface area contributed by atoms with Crippen LogP contribution in [-0.2, 0) is 9.59 Å². The molecule has 0 atom stereocenters. The van der Waals surface area contributed by atoms with E-state index in [-0.39, 0.29) is 12.1 Å². The number of rotatable bonds is 5. The van der Waals surface area contributed by atoms with Gasteiger partial charge in [-0.3, -0.25) is 19.8 Å². The van der Waals surface area contributed by atoms with Gasteiger partial charge in [-0.2, -0.15) is 0 Å². The molecule has 136 valence electrons. The molecule has 4 amide bonds. The normalized spacial score (nSPS) is 15.8. The number of nitrogens with zero attached hydrogens (tertiary/aromatic N) is 1. The number of amides is 4. The highest BCUT2D eigenvalue weighted by Gasteiger charge is 2.35. The molecule has 1 aliphatic rings. The number of halogens is 1. The highest BCUT2D eigenvalue weighted by Crippen LogP contribution is 2.32. The second-order valence-electron chi connectivity index (χ2n) is 5.62. The molecule has 0 radical (unpaired) electrons. The van der Waals surface area contributed by atoms with Crippen LogP contribution in [0.2, 0.25) is 5.02 Å². The quantitative estimate of drug-likeness (QED) is 0.467. The Labute approximate surface area is 165 Å². The van der Waals surface area contributed by atoms with Crippen molar-refractivity contribution in [2.24, 2.45) is 0 Å². The van der Waals surface area contributed by atoms with Crippen molar-refractivity contribution in [3.63, 3.8) is 0 Å². The molecule has 0 bridgehead atoms. The van der Waals surface area contributed by atoms with Crippen molar-refractivity contribution in [3.05, 3.63) is 77.3 Å². The minimum atomic E-state index is -0.745. The average Bonchev–Trinajstić information content (AvgIpc) is 2.65. The third-order valence-electron chi connectivity index (χ3n) is 3.76. The van der Waals surface area contributed by atoms with E-state index < -0.39 is 17.8 Å². The maximum absolute atomic E-state index is 12.6. The zero-order valence-electron chi connectivity index (χ0n) is 14.1. The summed E-state index contributed by atoms with van der Waals surface area (Å²) in [4.78, 5) is 39.3. The Morgan fingerprint density at radius 1 is 1.07 bits per heavy atom. The van der Waals surface area contributed by atoms with Crippen molar-refractivity contribution in [3.8, 4) is 0 Å². The van der Waals surface area contributed by atoms with E-state index in [0.717, 1.165) is 14.7 Å². The third-order valence-corrected chi connectivity index (χ3v) is 5.11. The maximum atomic E-state index is 12.6. The summed E-state index contributed by atoms with van der Waals surface area (Å²) in [5, 5.41) is 2.82. The predicted molar refractivity (Wildman–Crippen MR) is 105 cm³/mol. The van der Waals surface area contributed by atoms with E-state index in [1.54, 1.807) is 18.2 Å². The predicted octanol–water partition coefficient (Wildman–Crippen LogP) is 4.14. The molecular formula is C20H15ClN2O3S. The van der Waals surface area contributed by atoms with Gasteiger partial charge in [0, 0.05) is 21.4 Å². The summed E-state index contributed by atoms with van der Waals surface area (Å²) in [5.41, 5.74) is 0.601. The number of carbonyl (C=O) groups is 3. The summed E-state index contributed by atoms with van der Waals surface area (Å²) in [6.07, 6.45) is 2.92. The number of nitrogens with one attached hydrogen (secondary N) is 1. The van der Waals surface area contributed by atoms with Crippen molar-refractivity contribution < 1.29 is 14.4 Å². The SMILES string of the molecule is C=CCN1C(=O)NC(=O)/C(=C/c2ccccc2Sc2ccc(Cl)cc2)C1=O. The van der Waals surface area contributed by atoms with E-state index in [0.29, 0.717) is 10.6 Å². The Bertz CT molecular complexity index is 954. The Hall–Kier alpha value is -2.83. The molecular weight excluding hydrogens is 384 g/mol. The van der Waals surface area contributed by atoms with E-state index in [9.17, 15) is 14.4 Å². The van der Waals surface area contributed by atoms with Crippen molar-refractivity contribution in [1.82, 2.24) is 10.2 Å². The molecule has 2 aromatic carbocycles. The second-order valence-corrected chi connectivity index (χ2v) is 7.17. The van der Waals surface area contributed by atoms with Crippen LogP contribution in [0.4, 0.5) is 4.79 Å². The van der Waals surface area contributed by atoms with Crippen LogP contribution in [0.3, 0.4) is 0 Å². The van der Waals surface area contributed by atoms with Crippen molar-refractivity contribution >= 4 is 47.3 Å². The molecule has 0 aliphatic carbocycles. The molecule has 1 aliphatic heterocycles. The van der Waals surface area contributed by atoms with E-state index >= 15 is 0 Å². The molecule has 0 saturated carbocycles. The molecule has 7 heteroatoms. The maximum Gasteiger partial charge on any atom is 0.331 e. The van der Waals surface area contributed by atoms with E-state index in [4.69, 9.17) is 11.6 Å². The summed E-state index contributed by atoms with van der Waals surface area (Å²) in [6, 6.07) is 14.0. The van der Waals surface area contributed by atoms with Gasteiger partial charge in [-0.15, -0.1) is 6.58 Å². The van der Waals surface area contributed by atoms with Crippen LogP contribution < -0.4 is 5.32 Å². The first kappa shape index (κ1) is 18.9. The number of carbonyl (C=O) groups excluding carboxylic acids is 3. The summed E-state index contributed by atoms with van der Waals surface area (Å²) in [7, 11) is 0. The summed E-state index contributed by atoms with van der Waals surface area (Å²) in [5.74, 6) is -1.36. The molecule has 1 heterocycles. The van der Waals surface area contributed by atoms with Crippen LogP contribution in [0.15, 0.2) is 76.5 Å². The van der Waals surface area contributed by atoms with E-state index in [1.807, 2.05) is 30.3 Å². The average molecular weight is 399 g/mol. The third kappa shape index (κ3) is 4.30. The molecule has 3 rings (SSSR count). The van der Waals surface area contributed by atoms with Crippen molar-refractivity contribution in [2.75, 3.05) is 6.54 Å². The summed E-state index contributed by atoms with van der Waals surface area (Å²) in [6.45, 7) is 3.55. The molecule has 5 nitrogen and oxygen atoms in total. The molecule has 2 aromatic rings. The van der Waals surface area contributed by atoms with Crippen molar-refractivity contribution in [2.45, 2.75) is 9.79 Å². The van der Waals surface area contributed by atoms with Crippen LogP contribution >= 0.6 is 23.4 Å². The van der Waals surface area contributed by atoms with Gasteiger partial charge in [0.05, 0.1) is 0 Å². The van der Waals surface area contributed by atoms with Crippen LogP contribution in [0.1, 0.15) is 5.56 Å². The zero-order chi connectivity index (χ0) is 19.4. The van der Waals surface area contributed by atoms with Crippen LogP contribution in [0, 0.1) is 0 Å². The molecule has 27 heavy (non-hydrogen) atoms. The van der Waals surface area contributed by atoms with Gasteiger partial charge in [0.2, 0.25) is 0 Å². The second kappa shape index (κ2) is 8.24. The topological polar surface area (TPSA) is 66.5 Å². The number of hydrogen-bond acceptors (Lipinski definition) is 4. The van der Waals surface area contributed by atoms with Gasteiger partial charge >= 0.3 is 6.03 Å². The lowest BCUT2D eigenvalue weighted by Gasteiger charge is -2.25. The van der Waals surface area contributed by atoms with Gasteiger partial charge in [0.1, 0.15) is 5.57 Å². The Kier molecular flexibility index (Phi) is 5.78. The first-order valence-corrected chi connectivity index (χ1v) is 9.21. The lowest BCUT2D eigenvalue weighted by Crippen LogP contribution is -2.54. The number of hydrogen-bond donors (Lipinski definition) is 1. The molecule has 1 saturated heterocycles. The van der Waals surface area contributed by atoms with Gasteiger partial charge in [0.15, 0.2) is 0 Å². The monoisotopic (exact) mass is 398 g/mol. The Morgan fingerprint density at radius 2 is 1.78 bits per heavy atom. The van der Waals surface area contributed by atoms with Crippen LogP contribution in [0.25, 0.3) is 6.08 Å². The van der Waals surface area contributed by atoms with Crippen LogP contribution in [-0.4, -0.2) is 29.3 Å². The lowest BCUT2D eigenvalue weighted by atomic mass is 10.1. The first-order chi connectivity index (χ1) is 13.0. The van der Waals surface area contributed by atoms with Crippen molar-refractivity contribution in [1.29, 1.82) is 0 Å². The number of urea groups is 1. The van der Waals surface area contributed by atoms with E-state index in [2.05, 4.69) is 11.9 Å². The zero-order valence-corrected chi connectivity index (χ0v) is 15.7. The highest BCUT2D eigenvalue weighted by molar-refractivity contribution is 7.99. The highest BCUT2D eigenvalue weighted by atomic mass is 35.5. The smallest absolute Gasteiger partial charge is 0.273 e. The van der Waals surface area contributed by atoms with Gasteiger partial charge in [0.25, 0.3) is 11.8 Å². The number of benzene rings is 2. The summed E-state index contributed by atoms with van der Waals surface area (Å²) < 4.78 is 0. The standard InChI is InChI=1S/C20H15ClN2O3S/c1-2-11-23-19(25)16(18(24)22-20(23)26)12-13-5-3-4-6-17(13)27-15-9-7-14(21)8-10-15/h2-10,12H,1,11H2,(H,22,24,26)/b16-12-. The number of barbiturate groups is 1. The molecule has 0 unspecified atom stereocenters.